The number of hydrogen-bond donors (Lipinski definition) is 3. The van der Waals surface area contributed by atoms with Crippen LogP contribution in [0.25, 0.3) is 0 Å². The van der Waals surface area contributed by atoms with Crippen LogP contribution >= 0.6 is 0 Å². The van der Waals surface area contributed by atoms with E-state index >= 15 is 0 Å². The van der Waals surface area contributed by atoms with E-state index in [0.717, 1.165) is 0 Å². The van der Waals surface area contributed by atoms with Gasteiger partial charge >= 0.3 is 5.97 Å². The molecule has 0 aliphatic heterocycles. The summed E-state index contributed by atoms with van der Waals surface area (Å²) in [6.45, 7) is 0.211. The van der Waals surface area contributed by atoms with Crippen LogP contribution in [0.3, 0.4) is 0 Å². The molecule has 0 spiro atoms. The maximum Gasteiger partial charge on any atom is 0.327 e. The molecule has 4 nitrogen and oxygen atoms in total. The van der Waals surface area contributed by atoms with Gasteiger partial charge in [0.25, 0.3) is 0 Å². The zero-order valence-corrected chi connectivity index (χ0v) is 6.96. The van der Waals surface area contributed by atoms with Crippen LogP contribution in [-0.4, -0.2) is 23.7 Å². The Hall–Kier alpha value is -1.01. The normalized spacial score (nSPS) is 15.1. The zero-order valence-electron chi connectivity index (χ0n) is 6.96. The van der Waals surface area contributed by atoms with Crippen molar-refractivity contribution >= 4 is 5.97 Å². The molecule has 0 fully saturated rings. The Morgan fingerprint density at radius 3 is 2.38 bits per heavy atom. The maximum absolute atomic E-state index is 12.7. The Morgan fingerprint density at radius 1 is 1.46 bits per heavy atom. The average molecular weight is 194 g/mol. The molecule has 0 aromatic rings. The van der Waals surface area contributed by atoms with Crippen molar-refractivity contribution in [2.75, 3.05) is 6.54 Å². The minimum atomic E-state index is -1.92. The molecule has 0 aliphatic rings. The van der Waals surface area contributed by atoms with E-state index < -0.39 is 23.7 Å². The summed E-state index contributed by atoms with van der Waals surface area (Å²) in [7, 11) is 0. The SMILES string of the molecule is NCCC/C(F)=C(\F)C(N)C(=O)O. The van der Waals surface area contributed by atoms with Gasteiger partial charge in [0.2, 0.25) is 0 Å². The number of allylic oxidation sites excluding steroid dienone is 1. The lowest BCUT2D eigenvalue weighted by atomic mass is 10.2. The second-order valence-corrected chi connectivity index (χ2v) is 2.46. The molecule has 1 unspecified atom stereocenters. The molecule has 0 aromatic carbocycles. The molecule has 0 bridgehead atoms. The summed E-state index contributed by atoms with van der Waals surface area (Å²) in [5.74, 6) is -4.17. The quantitative estimate of drug-likeness (QED) is 0.586. The molecule has 0 saturated carbocycles. The van der Waals surface area contributed by atoms with E-state index in [0.29, 0.717) is 0 Å². The Morgan fingerprint density at radius 2 is 2.00 bits per heavy atom. The van der Waals surface area contributed by atoms with Gasteiger partial charge in [-0.05, 0) is 13.0 Å². The van der Waals surface area contributed by atoms with Gasteiger partial charge in [-0.1, -0.05) is 0 Å². The fraction of sp³-hybridized carbons (Fsp3) is 0.571. The summed E-state index contributed by atoms with van der Waals surface area (Å²) in [6.07, 6.45) is 0.0366. The van der Waals surface area contributed by atoms with E-state index in [4.69, 9.17) is 16.6 Å². The van der Waals surface area contributed by atoms with Gasteiger partial charge in [-0.15, -0.1) is 0 Å². The van der Waals surface area contributed by atoms with E-state index in [9.17, 15) is 13.6 Å². The lowest BCUT2D eigenvalue weighted by Gasteiger charge is -2.04. The number of aliphatic carboxylic acids is 1. The monoisotopic (exact) mass is 194 g/mol. The van der Waals surface area contributed by atoms with Crippen LogP contribution in [0.2, 0.25) is 0 Å². The first kappa shape index (κ1) is 12.0. The smallest absolute Gasteiger partial charge is 0.327 e. The van der Waals surface area contributed by atoms with Gasteiger partial charge < -0.3 is 16.6 Å². The third-order valence-corrected chi connectivity index (χ3v) is 1.40. The zero-order chi connectivity index (χ0) is 10.4. The summed E-state index contributed by atoms with van der Waals surface area (Å²) in [6, 6.07) is -1.92. The van der Waals surface area contributed by atoms with Gasteiger partial charge in [-0.3, -0.25) is 4.79 Å². The number of nitrogens with two attached hydrogens (primary N) is 2. The number of carboxylic acid groups (broad SMARTS) is 1. The molecule has 0 amide bonds. The molecule has 13 heavy (non-hydrogen) atoms. The van der Waals surface area contributed by atoms with E-state index in [1.807, 2.05) is 0 Å². The topological polar surface area (TPSA) is 89.3 Å². The first-order valence-corrected chi connectivity index (χ1v) is 3.73. The van der Waals surface area contributed by atoms with Crippen LogP contribution in [-0.2, 0) is 4.79 Å². The van der Waals surface area contributed by atoms with Gasteiger partial charge in [0, 0.05) is 6.42 Å². The molecule has 0 heterocycles. The van der Waals surface area contributed by atoms with Crippen LogP contribution < -0.4 is 11.5 Å². The predicted octanol–water partition coefficient (Wildman–Crippen LogP) is 0.288. The minimum absolute atomic E-state index is 0.211. The second kappa shape index (κ2) is 5.60. The molecule has 0 aromatic heterocycles. The minimum Gasteiger partial charge on any atom is -0.480 e. The number of halogens is 2. The van der Waals surface area contributed by atoms with E-state index in [1.54, 1.807) is 0 Å². The van der Waals surface area contributed by atoms with E-state index in [1.165, 1.54) is 0 Å². The molecule has 0 aliphatic carbocycles. The second-order valence-electron chi connectivity index (χ2n) is 2.46. The van der Waals surface area contributed by atoms with Crippen LogP contribution in [0.5, 0.6) is 0 Å². The fourth-order valence-corrected chi connectivity index (χ4v) is 0.654. The summed E-state index contributed by atoms with van der Waals surface area (Å²) >= 11 is 0. The largest absolute Gasteiger partial charge is 0.480 e. The third kappa shape index (κ3) is 3.95. The Kier molecular flexibility index (Phi) is 5.17. The number of hydrogen-bond acceptors (Lipinski definition) is 3. The van der Waals surface area contributed by atoms with Gasteiger partial charge in [0.05, 0.1) is 0 Å². The summed E-state index contributed by atoms with van der Waals surface area (Å²) in [5, 5.41) is 8.24. The van der Waals surface area contributed by atoms with Crippen molar-refractivity contribution in [3.05, 3.63) is 11.7 Å². The Labute approximate surface area is 74.2 Å². The summed E-state index contributed by atoms with van der Waals surface area (Å²) in [4.78, 5) is 10.1. The van der Waals surface area contributed by atoms with Crippen LogP contribution in [0.1, 0.15) is 12.8 Å². The van der Waals surface area contributed by atoms with Crippen molar-refractivity contribution in [3.8, 4) is 0 Å². The first-order chi connectivity index (χ1) is 6.00. The van der Waals surface area contributed by atoms with Crippen molar-refractivity contribution in [2.45, 2.75) is 18.9 Å². The number of rotatable bonds is 5. The fourth-order valence-electron chi connectivity index (χ4n) is 0.654. The van der Waals surface area contributed by atoms with Crippen molar-refractivity contribution in [1.82, 2.24) is 0 Å². The lowest BCUT2D eigenvalue weighted by Crippen LogP contribution is -2.31. The van der Waals surface area contributed by atoms with Crippen molar-refractivity contribution < 1.29 is 18.7 Å². The number of carboxylic acids is 1. The summed E-state index contributed by atoms with van der Waals surface area (Å²) in [5.41, 5.74) is 9.88. The van der Waals surface area contributed by atoms with Gasteiger partial charge in [0.1, 0.15) is 5.83 Å². The summed E-state index contributed by atoms with van der Waals surface area (Å²) < 4.78 is 25.4. The van der Waals surface area contributed by atoms with E-state index in [-0.39, 0.29) is 19.4 Å². The molecule has 0 rings (SSSR count). The van der Waals surface area contributed by atoms with Crippen molar-refractivity contribution in [1.29, 1.82) is 0 Å². The number of carbonyl (C=O) groups is 1. The average Bonchev–Trinajstić information content (AvgIpc) is 2.11. The van der Waals surface area contributed by atoms with Crippen LogP contribution in [0.4, 0.5) is 8.78 Å². The highest BCUT2D eigenvalue weighted by Gasteiger charge is 2.21. The predicted molar refractivity (Wildman–Crippen MR) is 43.1 cm³/mol. The van der Waals surface area contributed by atoms with Gasteiger partial charge in [0.15, 0.2) is 11.9 Å². The highest BCUT2D eigenvalue weighted by Crippen LogP contribution is 2.16. The van der Waals surface area contributed by atoms with E-state index in [2.05, 4.69) is 0 Å². The standard InChI is InChI=1S/C7H12F2N2O2/c8-4(2-1-3-10)5(9)6(11)7(12)13/h6H,1-3,10-11H2,(H,12,13)/b5-4+. The highest BCUT2D eigenvalue weighted by atomic mass is 19.2. The van der Waals surface area contributed by atoms with Gasteiger partial charge in [-0.25, -0.2) is 8.78 Å². The molecule has 0 saturated heterocycles. The molecular formula is C7H12F2N2O2. The van der Waals surface area contributed by atoms with Crippen molar-refractivity contribution in [2.24, 2.45) is 11.5 Å². The van der Waals surface area contributed by atoms with Gasteiger partial charge in [-0.2, -0.15) is 0 Å². The molecule has 6 heteroatoms. The Balaban J connectivity index is 4.32. The molecule has 76 valence electrons. The molecule has 0 radical (unpaired) electrons. The van der Waals surface area contributed by atoms with Crippen LogP contribution in [0, 0.1) is 0 Å². The Bertz CT molecular complexity index is 219. The third-order valence-electron chi connectivity index (χ3n) is 1.40. The van der Waals surface area contributed by atoms with Crippen LogP contribution in [0.15, 0.2) is 11.7 Å². The molecular weight excluding hydrogens is 182 g/mol. The van der Waals surface area contributed by atoms with Crippen molar-refractivity contribution in [3.63, 3.8) is 0 Å². The maximum atomic E-state index is 12.7. The molecule has 1 atom stereocenters. The first-order valence-electron chi connectivity index (χ1n) is 3.73. The molecule has 5 N–H and O–H groups in total. The lowest BCUT2D eigenvalue weighted by molar-refractivity contribution is -0.138. The highest BCUT2D eigenvalue weighted by molar-refractivity contribution is 5.76.